The summed E-state index contributed by atoms with van der Waals surface area (Å²) in [6.45, 7) is 2.00. The number of hydrogen-bond donors (Lipinski definition) is 2. The summed E-state index contributed by atoms with van der Waals surface area (Å²) in [7, 11) is 0. The lowest BCUT2D eigenvalue weighted by atomic mass is 10.2. The van der Waals surface area contributed by atoms with Gasteiger partial charge in [0, 0.05) is 0 Å². The maximum atomic E-state index is 11.3. The van der Waals surface area contributed by atoms with E-state index in [9.17, 15) is 4.79 Å². The first-order valence-electron chi connectivity index (χ1n) is 3.87. The molecule has 0 amide bonds. The van der Waals surface area contributed by atoms with Gasteiger partial charge in [-0.2, -0.15) is 0 Å². The fourth-order valence-electron chi connectivity index (χ4n) is 0.983. The number of nitrogens with one attached hydrogen (secondary N) is 1. The highest BCUT2D eigenvalue weighted by atomic mass is 16.1. The standard InChI is InChI=1S/C9H12N2O/c1-2-7-4-3-5-8(11-10)9(12)6-7/h3-6H,2,10H2,1H3,(H,11,12). The second-order valence-corrected chi connectivity index (χ2v) is 2.52. The molecule has 1 aromatic rings. The van der Waals surface area contributed by atoms with Crippen LogP contribution in [0.2, 0.25) is 0 Å². The third-order valence-electron chi connectivity index (χ3n) is 1.72. The van der Waals surface area contributed by atoms with Gasteiger partial charge in [0.1, 0.15) is 0 Å². The Morgan fingerprint density at radius 3 is 2.83 bits per heavy atom. The lowest BCUT2D eigenvalue weighted by molar-refractivity contribution is 1.14. The highest BCUT2D eigenvalue weighted by Crippen LogP contribution is 1.99. The van der Waals surface area contributed by atoms with Crippen molar-refractivity contribution in [2.45, 2.75) is 13.3 Å². The summed E-state index contributed by atoms with van der Waals surface area (Å²) in [5, 5.41) is 0. The molecule has 0 saturated heterocycles. The Morgan fingerprint density at radius 1 is 1.50 bits per heavy atom. The van der Waals surface area contributed by atoms with Crippen LogP contribution in [0.15, 0.2) is 29.1 Å². The Kier molecular flexibility index (Phi) is 2.82. The molecule has 0 unspecified atom stereocenters. The van der Waals surface area contributed by atoms with E-state index in [-0.39, 0.29) is 5.43 Å². The first-order valence-corrected chi connectivity index (χ1v) is 3.87. The Balaban J connectivity index is 3.26. The summed E-state index contributed by atoms with van der Waals surface area (Å²) >= 11 is 0. The lowest BCUT2D eigenvalue weighted by Gasteiger charge is -1.90. The molecule has 0 spiro atoms. The van der Waals surface area contributed by atoms with Crippen LogP contribution in [0.5, 0.6) is 0 Å². The van der Waals surface area contributed by atoms with E-state index in [0.29, 0.717) is 5.69 Å². The van der Waals surface area contributed by atoms with E-state index in [1.807, 2.05) is 19.1 Å². The van der Waals surface area contributed by atoms with E-state index in [2.05, 4.69) is 5.43 Å². The van der Waals surface area contributed by atoms with Gasteiger partial charge in [-0.3, -0.25) is 10.6 Å². The summed E-state index contributed by atoms with van der Waals surface area (Å²) < 4.78 is 0. The predicted molar refractivity (Wildman–Crippen MR) is 49.9 cm³/mol. The summed E-state index contributed by atoms with van der Waals surface area (Å²) in [5.41, 5.74) is 3.72. The third-order valence-corrected chi connectivity index (χ3v) is 1.72. The minimum atomic E-state index is -0.0700. The molecule has 0 bridgehead atoms. The van der Waals surface area contributed by atoms with E-state index in [1.54, 1.807) is 12.1 Å². The van der Waals surface area contributed by atoms with E-state index in [4.69, 9.17) is 5.84 Å². The number of hydrazine groups is 1. The number of aryl methyl sites for hydroxylation is 1. The molecule has 0 atom stereocenters. The van der Waals surface area contributed by atoms with Crippen molar-refractivity contribution in [3.8, 4) is 0 Å². The average Bonchev–Trinajstić information content (AvgIpc) is 2.26. The largest absolute Gasteiger partial charge is 0.321 e. The second kappa shape index (κ2) is 3.88. The highest BCUT2D eigenvalue weighted by Gasteiger charge is 1.93. The van der Waals surface area contributed by atoms with E-state index >= 15 is 0 Å². The Labute approximate surface area is 71.2 Å². The van der Waals surface area contributed by atoms with Gasteiger partial charge in [-0.25, -0.2) is 0 Å². The molecule has 1 aromatic carbocycles. The Morgan fingerprint density at radius 2 is 2.25 bits per heavy atom. The molecule has 0 aromatic heterocycles. The fraction of sp³-hybridized carbons (Fsp3) is 0.222. The molecule has 3 N–H and O–H groups in total. The van der Waals surface area contributed by atoms with Crippen molar-refractivity contribution in [2.24, 2.45) is 5.84 Å². The molecule has 0 fully saturated rings. The maximum absolute atomic E-state index is 11.3. The number of rotatable bonds is 2. The molecule has 1 rings (SSSR count). The van der Waals surface area contributed by atoms with Crippen molar-refractivity contribution in [3.63, 3.8) is 0 Å². The van der Waals surface area contributed by atoms with Gasteiger partial charge in [0.05, 0.1) is 5.69 Å². The third kappa shape index (κ3) is 1.83. The van der Waals surface area contributed by atoms with Gasteiger partial charge in [0.2, 0.25) is 5.43 Å². The van der Waals surface area contributed by atoms with Crippen LogP contribution in [0.3, 0.4) is 0 Å². The molecule has 0 aliphatic carbocycles. The smallest absolute Gasteiger partial charge is 0.203 e. The summed E-state index contributed by atoms with van der Waals surface area (Å²) in [6.07, 6.45) is 0.855. The van der Waals surface area contributed by atoms with Gasteiger partial charge in [-0.05, 0) is 24.1 Å². The van der Waals surface area contributed by atoms with Crippen LogP contribution in [-0.4, -0.2) is 0 Å². The van der Waals surface area contributed by atoms with Gasteiger partial charge in [0.25, 0.3) is 0 Å². The van der Waals surface area contributed by atoms with Crippen molar-refractivity contribution < 1.29 is 0 Å². The summed E-state index contributed by atoms with van der Waals surface area (Å²) in [5.74, 6) is 5.15. The van der Waals surface area contributed by atoms with Crippen molar-refractivity contribution >= 4 is 5.69 Å². The molecule has 3 nitrogen and oxygen atoms in total. The lowest BCUT2D eigenvalue weighted by Crippen LogP contribution is -2.14. The first-order chi connectivity index (χ1) is 5.77. The first kappa shape index (κ1) is 8.74. The summed E-state index contributed by atoms with van der Waals surface area (Å²) in [4.78, 5) is 11.3. The van der Waals surface area contributed by atoms with E-state index in [0.717, 1.165) is 12.0 Å². The van der Waals surface area contributed by atoms with Crippen molar-refractivity contribution in [3.05, 3.63) is 40.1 Å². The Hall–Kier alpha value is -1.35. The van der Waals surface area contributed by atoms with Crippen molar-refractivity contribution in [1.29, 1.82) is 0 Å². The molecule has 0 aliphatic heterocycles. The second-order valence-electron chi connectivity index (χ2n) is 2.52. The van der Waals surface area contributed by atoms with Crippen LogP contribution >= 0.6 is 0 Å². The normalized spacial score (nSPS) is 9.50. The fourth-order valence-corrected chi connectivity index (χ4v) is 0.983. The van der Waals surface area contributed by atoms with Crippen LogP contribution in [0.4, 0.5) is 5.69 Å². The van der Waals surface area contributed by atoms with Gasteiger partial charge >= 0.3 is 0 Å². The molecule has 3 heteroatoms. The Bertz CT molecular complexity index is 323. The van der Waals surface area contributed by atoms with E-state index in [1.165, 1.54) is 0 Å². The number of nitrogens with two attached hydrogens (primary N) is 1. The van der Waals surface area contributed by atoms with Crippen LogP contribution in [0, 0.1) is 0 Å². The van der Waals surface area contributed by atoms with Crippen molar-refractivity contribution in [1.82, 2.24) is 0 Å². The van der Waals surface area contributed by atoms with Gasteiger partial charge < -0.3 is 5.43 Å². The van der Waals surface area contributed by atoms with Gasteiger partial charge in [-0.1, -0.05) is 19.1 Å². The minimum absolute atomic E-state index is 0.0700. The topological polar surface area (TPSA) is 55.1 Å². The van der Waals surface area contributed by atoms with Crippen LogP contribution in [0.1, 0.15) is 12.5 Å². The van der Waals surface area contributed by atoms with Crippen LogP contribution < -0.4 is 16.7 Å². The SMILES string of the molecule is CCc1cccc(NN)c(=O)c1. The maximum Gasteiger partial charge on any atom is 0.203 e. The zero-order valence-electron chi connectivity index (χ0n) is 7.00. The molecule has 0 aliphatic rings. The predicted octanol–water partition coefficient (Wildman–Crippen LogP) is 0.895. The van der Waals surface area contributed by atoms with Crippen LogP contribution in [-0.2, 0) is 6.42 Å². The summed E-state index contributed by atoms with van der Waals surface area (Å²) in [6, 6.07) is 6.98. The molecular weight excluding hydrogens is 152 g/mol. The molecule has 0 saturated carbocycles. The number of anilines is 1. The zero-order valence-corrected chi connectivity index (χ0v) is 7.00. The molecule has 0 radical (unpaired) electrons. The van der Waals surface area contributed by atoms with E-state index < -0.39 is 0 Å². The van der Waals surface area contributed by atoms with Gasteiger partial charge in [-0.15, -0.1) is 0 Å². The quantitative estimate of drug-likeness (QED) is 0.504. The molecule has 0 heterocycles. The molecular formula is C9H12N2O. The monoisotopic (exact) mass is 164 g/mol. The number of hydrogen-bond acceptors (Lipinski definition) is 3. The number of nitrogen functional groups attached to an aromatic ring is 1. The molecule has 12 heavy (non-hydrogen) atoms. The molecule has 64 valence electrons. The zero-order chi connectivity index (χ0) is 8.97. The highest BCUT2D eigenvalue weighted by molar-refractivity contribution is 5.41. The van der Waals surface area contributed by atoms with Gasteiger partial charge in [0.15, 0.2) is 0 Å². The average molecular weight is 164 g/mol. The van der Waals surface area contributed by atoms with Crippen LogP contribution in [0.25, 0.3) is 0 Å². The van der Waals surface area contributed by atoms with Crippen molar-refractivity contribution in [2.75, 3.05) is 5.43 Å². The minimum Gasteiger partial charge on any atom is -0.321 e.